The van der Waals surface area contributed by atoms with E-state index in [0.29, 0.717) is 11.5 Å². The van der Waals surface area contributed by atoms with Gasteiger partial charge in [0, 0.05) is 5.41 Å². The standard InChI is InChI=1S/C8H18OS2/c1-7(2,3)8(4-9,5-10)6-11/h9-11H,4-6H2,1-3H3. The van der Waals surface area contributed by atoms with Gasteiger partial charge in [-0.2, -0.15) is 25.3 Å². The first-order chi connectivity index (χ1) is 4.93. The predicted octanol–water partition coefficient (Wildman–Crippen LogP) is 1.87. The second-order valence-corrected chi connectivity index (χ2v) is 4.64. The van der Waals surface area contributed by atoms with E-state index < -0.39 is 0 Å². The zero-order valence-corrected chi connectivity index (χ0v) is 9.25. The summed E-state index contributed by atoms with van der Waals surface area (Å²) in [5, 5.41) is 9.21. The van der Waals surface area contributed by atoms with Crippen molar-refractivity contribution in [1.29, 1.82) is 0 Å². The molecule has 0 aromatic rings. The van der Waals surface area contributed by atoms with Crippen molar-refractivity contribution in [3.8, 4) is 0 Å². The van der Waals surface area contributed by atoms with Gasteiger partial charge in [-0.3, -0.25) is 0 Å². The maximum absolute atomic E-state index is 9.21. The minimum atomic E-state index is -0.154. The summed E-state index contributed by atoms with van der Waals surface area (Å²) in [5.74, 6) is 1.35. The van der Waals surface area contributed by atoms with Crippen LogP contribution in [0, 0.1) is 10.8 Å². The zero-order chi connectivity index (χ0) is 9.12. The highest BCUT2D eigenvalue weighted by molar-refractivity contribution is 7.81. The summed E-state index contributed by atoms with van der Waals surface area (Å²) in [5.41, 5.74) is -0.0928. The molecule has 68 valence electrons. The molecule has 1 N–H and O–H groups in total. The largest absolute Gasteiger partial charge is 0.396 e. The van der Waals surface area contributed by atoms with Crippen molar-refractivity contribution in [2.45, 2.75) is 20.8 Å². The Kier molecular flexibility index (Phi) is 4.30. The minimum Gasteiger partial charge on any atom is -0.396 e. The average molecular weight is 194 g/mol. The lowest BCUT2D eigenvalue weighted by atomic mass is 9.69. The molecule has 0 aliphatic carbocycles. The maximum atomic E-state index is 9.21. The van der Waals surface area contributed by atoms with Crippen LogP contribution in [0.3, 0.4) is 0 Å². The normalized spacial score (nSPS) is 13.6. The van der Waals surface area contributed by atoms with Gasteiger partial charge in [-0.05, 0) is 16.9 Å². The molecule has 0 aliphatic heterocycles. The fourth-order valence-corrected chi connectivity index (χ4v) is 2.41. The summed E-state index contributed by atoms with van der Waals surface area (Å²) in [4.78, 5) is 0. The Bertz CT molecular complexity index is 105. The highest BCUT2D eigenvalue weighted by Crippen LogP contribution is 2.40. The number of aliphatic hydroxyl groups is 1. The lowest BCUT2D eigenvalue weighted by molar-refractivity contribution is 0.0601. The number of aliphatic hydroxyl groups excluding tert-OH is 1. The van der Waals surface area contributed by atoms with Gasteiger partial charge >= 0.3 is 0 Å². The highest BCUT2D eigenvalue weighted by Gasteiger charge is 2.38. The van der Waals surface area contributed by atoms with E-state index >= 15 is 0 Å². The second kappa shape index (κ2) is 4.06. The Morgan fingerprint density at radius 1 is 1.09 bits per heavy atom. The molecule has 0 atom stereocenters. The summed E-state index contributed by atoms with van der Waals surface area (Å²) in [6.45, 7) is 6.48. The highest BCUT2D eigenvalue weighted by atomic mass is 32.1. The van der Waals surface area contributed by atoms with E-state index in [0.717, 1.165) is 0 Å². The minimum absolute atomic E-state index is 0.0608. The van der Waals surface area contributed by atoms with Crippen LogP contribution in [0.5, 0.6) is 0 Å². The first kappa shape index (κ1) is 11.7. The van der Waals surface area contributed by atoms with Crippen LogP contribution in [-0.2, 0) is 0 Å². The number of rotatable bonds is 3. The van der Waals surface area contributed by atoms with Crippen LogP contribution in [0.15, 0.2) is 0 Å². The maximum Gasteiger partial charge on any atom is 0.0508 e. The molecule has 0 bridgehead atoms. The van der Waals surface area contributed by atoms with Crippen LogP contribution in [0.4, 0.5) is 0 Å². The van der Waals surface area contributed by atoms with Gasteiger partial charge in [0.25, 0.3) is 0 Å². The summed E-state index contributed by atoms with van der Waals surface area (Å²) < 4.78 is 0. The van der Waals surface area contributed by atoms with Gasteiger partial charge in [0.05, 0.1) is 6.61 Å². The second-order valence-electron chi connectivity index (χ2n) is 4.00. The Morgan fingerprint density at radius 2 is 1.45 bits per heavy atom. The molecule has 0 aromatic carbocycles. The number of thiol groups is 2. The van der Waals surface area contributed by atoms with E-state index in [1.807, 2.05) is 0 Å². The molecule has 0 saturated heterocycles. The molecule has 0 rings (SSSR count). The van der Waals surface area contributed by atoms with E-state index in [-0.39, 0.29) is 17.4 Å². The van der Waals surface area contributed by atoms with Crippen LogP contribution >= 0.6 is 25.3 Å². The smallest absolute Gasteiger partial charge is 0.0508 e. The lowest BCUT2D eigenvalue weighted by Gasteiger charge is -2.41. The quantitative estimate of drug-likeness (QED) is 0.586. The molecule has 3 heteroatoms. The first-order valence-electron chi connectivity index (χ1n) is 3.76. The molecule has 11 heavy (non-hydrogen) atoms. The fraction of sp³-hybridized carbons (Fsp3) is 1.00. The third kappa shape index (κ3) is 2.30. The van der Waals surface area contributed by atoms with Crippen molar-refractivity contribution >= 4 is 25.3 Å². The molecular formula is C8H18OS2. The van der Waals surface area contributed by atoms with Gasteiger partial charge in [0.2, 0.25) is 0 Å². The average Bonchev–Trinajstić information content (AvgIpc) is 1.90. The molecule has 0 amide bonds. The van der Waals surface area contributed by atoms with E-state index in [4.69, 9.17) is 0 Å². The summed E-state index contributed by atoms with van der Waals surface area (Å²) in [7, 11) is 0. The van der Waals surface area contributed by atoms with Crippen molar-refractivity contribution in [3.05, 3.63) is 0 Å². The summed E-state index contributed by atoms with van der Waals surface area (Å²) >= 11 is 8.49. The third-order valence-corrected chi connectivity index (χ3v) is 3.71. The van der Waals surface area contributed by atoms with Gasteiger partial charge in [-0.1, -0.05) is 20.8 Å². The Morgan fingerprint density at radius 3 is 1.45 bits per heavy atom. The first-order valence-corrected chi connectivity index (χ1v) is 5.02. The van der Waals surface area contributed by atoms with Crippen LogP contribution < -0.4 is 0 Å². The van der Waals surface area contributed by atoms with Gasteiger partial charge in [0.1, 0.15) is 0 Å². The van der Waals surface area contributed by atoms with Gasteiger partial charge < -0.3 is 5.11 Å². The molecule has 1 nitrogen and oxygen atoms in total. The number of hydrogen-bond acceptors (Lipinski definition) is 3. The molecule has 0 aromatic heterocycles. The van der Waals surface area contributed by atoms with Gasteiger partial charge in [0.15, 0.2) is 0 Å². The lowest BCUT2D eigenvalue weighted by Crippen LogP contribution is -2.42. The fourth-order valence-electron chi connectivity index (χ4n) is 0.862. The Hall–Kier alpha value is 0.660. The molecule has 0 radical (unpaired) electrons. The molecule has 0 unspecified atom stereocenters. The molecule has 0 saturated carbocycles. The van der Waals surface area contributed by atoms with E-state index in [1.165, 1.54) is 0 Å². The monoisotopic (exact) mass is 194 g/mol. The molecule has 0 aliphatic rings. The molecule has 0 heterocycles. The predicted molar refractivity (Wildman–Crippen MR) is 56.7 cm³/mol. The van der Waals surface area contributed by atoms with Crippen LogP contribution in [0.1, 0.15) is 20.8 Å². The third-order valence-electron chi connectivity index (χ3n) is 2.50. The summed E-state index contributed by atoms with van der Waals surface area (Å²) in [6, 6.07) is 0. The molecule has 0 fully saturated rings. The Balaban J connectivity index is 4.54. The Labute approximate surface area is 80.4 Å². The van der Waals surface area contributed by atoms with Crippen molar-refractivity contribution in [2.75, 3.05) is 18.1 Å². The van der Waals surface area contributed by atoms with Crippen LogP contribution in [0.25, 0.3) is 0 Å². The van der Waals surface area contributed by atoms with Gasteiger partial charge in [-0.25, -0.2) is 0 Å². The van der Waals surface area contributed by atoms with Crippen molar-refractivity contribution in [1.82, 2.24) is 0 Å². The van der Waals surface area contributed by atoms with Gasteiger partial charge in [-0.15, -0.1) is 0 Å². The van der Waals surface area contributed by atoms with Crippen molar-refractivity contribution in [3.63, 3.8) is 0 Å². The van der Waals surface area contributed by atoms with E-state index in [2.05, 4.69) is 46.0 Å². The van der Waals surface area contributed by atoms with Crippen molar-refractivity contribution < 1.29 is 5.11 Å². The molecular weight excluding hydrogens is 176 g/mol. The van der Waals surface area contributed by atoms with E-state index in [1.54, 1.807) is 0 Å². The van der Waals surface area contributed by atoms with Crippen molar-refractivity contribution in [2.24, 2.45) is 10.8 Å². The van der Waals surface area contributed by atoms with Crippen LogP contribution in [-0.4, -0.2) is 23.2 Å². The van der Waals surface area contributed by atoms with Crippen LogP contribution in [0.2, 0.25) is 0 Å². The van der Waals surface area contributed by atoms with E-state index in [9.17, 15) is 5.11 Å². The topological polar surface area (TPSA) is 20.2 Å². The zero-order valence-electron chi connectivity index (χ0n) is 7.46. The SMILES string of the molecule is CC(C)(C)C(CO)(CS)CS. The summed E-state index contributed by atoms with van der Waals surface area (Å²) in [6.07, 6.45) is 0. The number of hydrogen-bond donors (Lipinski definition) is 3. The molecule has 0 spiro atoms.